The first-order valence-electron chi connectivity index (χ1n) is 12.4. The fraction of sp³-hybridized carbons (Fsp3) is 0. The van der Waals surface area contributed by atoms with E-state index in [9.17, 15) is 0 Å². The van der Waals surface area contributed by atoms with Crippen LogP contribution in [0.15, 0.2) is 157 Å². The van der Waals surface area contributed by atoms with Crippen LogP contribution < -0.4 is 9.80 Å². The van der Waals surface area contributed by atoms with E-state index in [2.05, 4.69) is 167 Å². The van der Waals surface area contributed by atoms with Crippen LogP contribution in [-0.2, 0) is 0 Å². The van der Waals surface area contributed by atoms with Gasteiger partial charge >= 0.3 is 0 Å². The Balaban J connectivity index is 1.60. The molecule has 6 aromatic rings. The van der Waals surface area contributed by atoms with Crippen LogP contribution in [0.3, 0.4) is 0 Å². The quantitative estimate of drug-likeness (QED) is 0.218. The Morgan fingerprint density at radius 1 is 0.351 bits per heavy atom. The van der Waals surface area contributed by atoms with Crippen molar-refractivity contribution in [3.8, 4) is 10.4 Å². The summed E-state index contributed by atoms with van der Waals surface area (Å²) in [5, 5.41) is 2.14. The number of thiophene rings is 1. The van der Waals surface area contributed by atoms with Gasteiger partial charge < -0.3 is 9.80 Å². The van der Waals surface area contributed by atoms with Crippen LogP contribution in [0.2, 0.25) is 0 Å². The summed E-state index contributed by atoms with van der Waals surface area (Å²) in [5.74, 6) is 0. The average Bonchev–Trinajstić information content (AvgIpc) is 3.51. The van der Waals surface area contributed by atoms with E-state index in [1.54, 1.807) is 11.3 Å². The topological polar surface area (TPSA) is 6.48 Å². The van der Waals surface area contributed by atoms with Gasteiger partial charge in [-0.25, -0.2) is 0 Å². The maximum Gasteiger partial charge on any atom is 0.0488 e. The molecule has 0 bridgehead atoms. The Labute approximate surface area is 222 Å². The van der Waals surface area contributed by atoms with E-state index < -0.39 is 0 Å². The van der Waals surface area contributed by atoms with Crippen LogP contribution in [0.25, 0.3) is 10.4 Å². The average molecular weight is 495 g/mol. The lowest BCUT2D eigenvalue weighted by molar-refractivity contribution is 1.25. The van der Waals surface area contributed by atoms with Crippen LogP contribution in [0.1, 0.15) is 0 Å². The highest BCUT2D eigenvalue weighted by Gasteiger charge is 2.19. The Hall–Kier alpha value is -4.60. The van der Waals surface area contributed by atoms with Crippen molar-refractivity contribution in [1.82, 2.24) is 0 Å². The van der Waals surface area contributed by atoms with Gasteiger partial charge in [0.1, 0.15) is 0 Å². The van der Waals surface area contributed by atoms with E-state index in [1.807, 2.05) is 0 Å². The predicted octanol–water partition coefficient (Wildman–Crippen LogP) is 10.4. The molecule has 37 heavy (non-hydrogen) atoms. The van der Waals surface area contributed by atoms with E-state index in [0.717, 1.165) is 34.1 Å². The van der Waals surface area contributed by atoms with Gasteiger partial charge in [0, 0.05) is 39.0 Å². The molecule has 0 atom stereocenters. The highest BCUT2D eigenvalue weighted by Crippen LogP contribution is 2.43. The van der Waals surface area contributed by atoms with Gasteiger partial charge in [0.15, 0.2) is 0 Å². The molecule has 0 saturated heterocycles. The SMILES string of the molecule is c1ccc(N(c2ccccc2)c2cc(-c3cccs3)cc(N(c3ccccc3)c3ccccc3)c2)cc1. The van der Waals surface area contributed by atoms with E-state index in [1.165, 1.54) is 10.4 Å². The van der Waals surface area contributed by atoms with E-state index in [0.29, 0.717) is 0 Å². The minimum atomic E-state index is 1.11. The zero-order valence-electron chi connectivity index (χ0n) is 20.3. The molecule has 6 rings (SSSR count). The van der Waals surface area contributed by atoms with Crippen molar-refractivity contribution < 1.29 is 0 Å². The van der Waals surface area contributed by atoms with Gasteiger partial charge in [-0.1, -0.05) is 78.9 Å². The molecule has 1 heterocycles. The van der Waals surface area contributed by atoms with Crippen LogP contribution >= 0.6 is 11.3 Å². The zero-order valence-corrected chi connectivity index (χ0v) is 21.1. The zero-order chi connectivity index (χ0) is 24.9. The number of hydrogen-bond acceptors (Lipinski definition) is 3. The number of anilines is 6. The molecule has 0 amide bonds. The van der Waals surface area contributed by atoms with Crippen molar-refractivity contribution in [3.05, 3.63) is 157 Å². The molecule has 0 N–H and O–H groups in total. The minimum Gasteiger partial charge on any atom is -0.310 e. The van der Waals surface area contributed by atoms with Crippen LogP contribution in [0.4, 0.5) is 34.1 Å². The summed E-state index contributed by atoms with van der Waals surface area (Å²) in [6, 6.07) is 53.5. The van der Waals surface area contributed by atoms with Gasteiger partial charge in [0.2, 0.25) is 0 Å². The van der Waals surface area contributed by atoms with Crippen molar-refractivity contribution in [3.63, 3.8) is 0 Å². The maximum atomic E-state index is 2.33. The molecular formula is C34H26N2S. The summed E-state index contributed by atoms with van der Waals surface area (Å²) in [4.78, 5) is 5.90. The Bertz CT molecular complexity index is 1370. The molecule has 1 aromatic heterocycles. The maximum absolute atomic E-state index is 2.33. The third kappa shape index (κ3) is 4.90. The summed E-state index contributed by atoms with van der Waals surface area (Å²) in [5.41, 5.74) is 7.88. The van der Waals surface area contributed by atoms with Crippen molar-refractivity contribution in [2.24, 2.45) is 0 Å². The van der Waals surface area contributed by atoms with E-state index >= 15 is 0 Å². The number of para-hydroxylation sites is 4. The van der Waals surface area contributed by atoms with Gasteiger partial charge in [0.05, 0.1) is 0 Å². The van der Waals surface area contributed by atoms with Gasteiger partial charge in [-0.15, -0.1) is 11.3 Å². The molecular weight excluding hydrogens is 468 g/mol. The molecule has 0 unspecified atom stereocenters. The Morgan fingerprint density at radius 2 is 0.730 bits per heavy atom. The highest BCUT2D eigenvalue weighted by molar-refractivity contribution is 7.13. The third-order valence-corrected chi connectivity index (χ3v) is 7.20. The molecule has 5 aromatic carbocycles. The number of hydrogen-bond donors (Lipinski definition) is 0. The first-order chi connectivity index (χ1) is 18.4. The molecule has 0 fully saturated rings. The van der Waals surface area contributed by atoms with Gasteiger partial charge in [-0.2, -0.15) is 0 Å². The minimum absolute atomic E-state index is 1.11. The molecule has 0 aliphatic heterocycles. The fourth-order valence-corrected chi connectivity index (χ4v) is 5.36. The van der Waals surface area contributed by atoms with Crippen molar-refractivity contribution >= 4 is 45.5 Å². The van der Waals surface area contributed by atoms with E-state index in [-0.39, 0.29) is 0 Å². The van der Waals surface area contributed by atoms with Gasteiger partial charge in [-0.3, -0.25) is 0 Å². The van der Waals surface area contributed by atoms with Crippen LogP contribution in [-0.4, -0.2) is 0 Å². The lowest BCUT2D eigenvalue weighted by Crippen LogP contribution is -2.13. The molecule has 0 spiro atoms. The summed E-state index contributed by atoms with van der Waals surface area (Å²) < 4.78 is 0. The molecule has 0 aliphatic carbocycles. The standard InChI is InChI=1S/C34H26N2S/c1-5-14-28(15-6-1)35(29-16-7-2-8-17-29)32-24-27(34-22-13-23-37-34)25-33(26-32)36(30-18-9-3-10-19-30)31-20-11-4-12-21-31/h1-26H. The fourth-order valence-electron chi connectivity index (χ4n) is 4.64. The summed E-state index contributed by atoms with van der Waals surface area (Å²) in [6.07, 6.45) is 0. The normalized spacial score (nSPS) is 10.7. The molecule has 0 radical (unpaired) electrons. The summed E-state index contributed by atoms with van der Waals surface area (Å²) >= 11 is 1.76. The molecule has 3 heteroatoms. The van der Waals surface area contributed by atoms with Crippen molar-refractivity contribution in [2.75, 3.05) is 9.80 Å². The highest BCUT2D eigenvalue weighted by atomic mass is 32.1. The largest absolute Gasteiger partial charge is 0.310 e. The first kappa shape index (κ1) is 22.8. The second-order valence-corrected chi connectivity index (χ2v) is 9.68. The number of rotatable bonds is 7. The lowest BCUT2D eigenvalue weighted by Gasteiger charge is -2.30. The summed E-state index contributed by atoms with van der Waals surface area (Å²) in [6.45, 7) is 0. The second kappa shape index (κ2) is 10.6. The molecule has 178 valence electrons. The van der Waals surface area contributed by atoms with E-state index in [4.69, 9.17) is 0 Å². The second-order valence-electron chi connectivity index (χ2n) is 8.73. The van der Waals surface area contributed by atoms with Gasteiger partial charge in [0.25, 0.3) is 0 Å². The first-order valence-corrected chi connectivity index (χ1v) is 13.2. The van der Waals surface area contributed by atoms with Crippen LogP contribution in [0.5, 0.6) is 0 Å². The predicted molar refractivity (Wildman–Crippen MR) is 159 cm³/mol. The van der Waals surface area contributed by atoms with Crippen molar-refractivity contribution in [2.45, 2.75) is 0 Å². The Kier molecular flexibility index (Phi) is 6.52. The summed E-state index contributed by atoms with van der Waals surface area (Å²) in [7, 11) is 0. The molecule has 0 saturated carbocycles. The molecule has 2 nitrogen and oxygen atoms in total. The Morgan fingerprint density at radius 3 is 1.05 bits per heavy atom. The lowest BCUT2D eigenvalue weighted by atomic mass is 10.1. The third-order valence-electron chi connectivity index (χ3n) is 6.28. The number of benzene rings is 5. The monoisotopic (exact) mass is 494 g/mol. The number of nitrogens with zero attached hydrogens (tertiary/aromatic N) is 2. The molecule has 0 aliphatic rings. The smallest absolute Gasteiger partial charge is 0.0488 e. The van der Waals surface area contributed by atoms with Crippen LogP contribution in [0, 0.1) is 0 Å². The van der Waals surface area contributed by atoms with Crippen molar-refractivity contribution in [1.29, 1.82) is 0 Å². The van der Waals surface area contributed by atoms with Gasteiger partial charge in [-0.05, 0) is 83.7 Å².